The van der Waals surface area contributed by atoms with Crippen LogP contribution in [0.15, 0.2) is 0 Å². The molecule has 0 N–H and O–H groups in total. The molecule has 0 bridgehead atoms. The number of alkyl halides is 1. The Labute approximate surface area is 65.4 Å². The number of hydrogen-bond acceptors (Lipinski definition) is 2. The largest absolute Gasteiger partial charge is 0.263 e. The van der Waals surface area contributed by atoms with Gasteiger partial charge in [-0.05, 0) is 14.1 Å². The van der Waals surface area contributed by atoms with E-state index in [-0.39, 0.29) is 17.0 Å². The Morgan fingerprint density at radius 3 is 1.67 bits per heavy atom. The first-order valence-corrected chi connectivity index (χ1v) is 2.76. The Bertz CT molecular complexity index is 81.0. The lowest BCUT2D eigenvalue weighted by Crippen LogP contribution is -2.29. The maximum absolute atomic E-state index is 12.6. The number of halogens is 2. The minimum Gasteiger partial charge on any atom is -0.263 e. The first kappa shape index (κ1) is 9.33. The summed E-state index contributed by atoms with van der Waals surface area (Å²) in [6.07, 6.45) is -0.852. The van der Waals surface area contributed by atoms with Crippen molar-refractivity contribution in [3.8, 4) is 0 Å². The fourth-order valence-electron chi connectivity index (χ4n) is 0.865. The standard InChI is InChI=1S/C5H11FN2.BrH/c1-7-3-4-8(2)5(7)6;/h5H,3-4H2,1-2H3;1H. The summed E-state index contributed by atoms with van der Waals surface area (Å²) in [5.74, 6) is 0. The van der Waals surface area contributed by atoms with Gasteiger partial charge in [-0.15, -0.1) is 17.0 Å². The van der Waals surface area contributed by atoms with Crippen molar-refractivity contribution >= 4 is 17.0 Å². The van der Waals surface area contributed by atoms with Crippen LogP contribution in [0.5, 0.6) is 0 Å². The lowest BCUT2D eigenvalue weighted by molar-refractivity contribution is 0.0497. The SMILES string of the molecule is Br.CN1CCN(C)C1F. The molecule has 0 unspecified atom stereocenters. The molecule has 1 aliphatic rings. The molecule has 0 saturated carbocycles. The first-order valence-electron chi connectivity index (χ1n) is 2.76. The Hall–Kier alpha value is 0.330. The molecule has 1 rings (SSSR count). The molecule has 0 aromatic rings. The van der Waals surface area contributed by atoms with E-state index in [1.54, 1.807) is 23.9 Å². The van der Waals surface area contributed by atoms with Gasteiger partial charge in [-0.25, -0.2) is 4.39 Å². The third-order valence-corrected chi connectivity index (χ3v) is 1.53. The van der Waals surface area contributed by atoms with Crippen molar-refractivity contribution in [2.45, 2.75) is 6.42 Å². The van der Waals surface area contributed by atoms with Gasteiger partial charge in [0.1, 0.15) is 0 Å². The smallest absolute Gasteiger partial charge is 0.209 e. The van der Waals surface area contributed by atoms with Crippen LogP contribution in [0.2, 0.25) is 0 Å². The van der Waals surface area contributed by atoms with Gasteiger partial charge in [0.15, 0.2) is 0 Å². The fourth-order valence-corrected chi connectivity index (χ4v) is 0.865. The van der Waals surface area contributed by atoms with Crippen molar-refractivity contribution in [3.63, 3.8) is 0 Å². The summed E-state index contributed by atoms with van der Waals surface area (Å²) in [6.45, 7) is 1.69. The average Bonchev–Trinajstić information content (AvgIpc) is 1.98. The summed E-state index contributed by atoms with van der Waals surface area (Å²) in [6, 6.07) is 0. The van der Waals surface area contributed by atoms with Crippen molar-refractivity contribution in [1.29, 1.82) is 0 Å². The van der Waals surface area contributed by atoms with E-state index < -0.39 is 6.42 Å². The van der Waals surface area contributed by atoms with Crippen molar-refractivity contribution in [1.82, 2.24) is 9.80 Å². The predicted molar refractivity (Wildman–Crippen MR) is 40.5 cm³/mol. The van der Waals surface area contributed by atoms with E-state index in [1.807, 2.05) is 0 Å². The quantitative estimate of drug-likeness (QED) is 0.529. The molecule has 56 valence electrons. The van der Waals surface area contributed by atoms with Crippen LogP contribution < -0.4 is 0 Å². The van der Waals surface area contributed by atoms with Gasteiger partial charge in [-0.1, -0.05) is 0 Å². The Balaban J connectivity index is 0.000000640. The van der Waals surface area contributed by atoms with Gasteiger partial charge in [0.2, 0.25) is 6.42 Å². The second-order valence-electron chi connectivity index (χ2n) is 2.27. The molecule has 0 aliphatic carbocycles. The Morgan fingerprint density at radius 2 is 1.56 bits per heavy atom. The summed E-state index contributed by atoms with van der Waals surface area (Å²) in [5.41, 5.74) is 0. The van der Waals surface area contributed by atoms with Crippen LogP contribution in [-0.4, -0.2) is 43.4 Å². The van der Waals surface area contributed by atoms with Gasteiger partial charge in [-0.3, -0.25) is 9.80 Å². The molecule has 9 heavy (non-hydrogen) atoms. The number of hydrogen-bond donors (Lipinski definition) is 0. The maximum Gasteiger partial charge on any atom is 0.209 e. The molecule has 4 heteroatoms. The van der Waals surface area contributed by atoms with Crippen molar-refractivity contribution < 1.29 is 4.39 Å². The highest BCUT2D eigenvalue weighted by Crippen LogP contribution is 2.09. The molecule has 0 radical (unpaired) electrons. The Kier molecular flexibility index (Phi) is 3.61. The van der Waals surface area contributed by atoms with Crippen molar-refractivity contribution in [3.05, 3.63) is 0 Å². The molecule has 1 aliphatic heterocycles. The van der Waals surface area contributed by atoms with Crippen LogP contribution in [0, 0.1) is 0 Å². The van der Waals surface area contributed by atoms with Crippen molar-refractivity contribution in [2.24, 2.45) is 0 Å². The summed E-state index contributed by atoms with van der Waals surface area (Å²) < 4.78 is 12.6. The molecular weight excluding hydrogens is 187 g/mol. The van der Waals surface area contributed by atoms with Gasteiger partial charge in [0, 0.05) is 13.1 Å². The lowest BCUT2D eigenvalue weighted by atomic mass is 10.6. The minimum atomic E-state index is -0.852. The summed E-state index contributed by atoms with van der Waals surface area (Å²) >= 11 is 0. The van der Waals surface area contributed by atoms with Gasteiger partial charge < -0.3 is 0 Å². The van der Waals surface area contributed by atoms with Gasteiger partial charge in [0.25, 0.3) is 0 Å². The minimum absolute atomic E-state index is 0. The van der Waals surface area contributed by atoms with E-state index in [2.05, 4.69) is 0 Å². The number of nitrogens with zero attached hydrogens (tertiary/aromatic N) is 2. The second-order valence-corrected chi connectivity index (χ2v) is 2.27. The molecule has 1 saturated heterocycles. The van der Waals surface area contributed by atoms with Crippen molar-refractivity contribution in [2.75, 3.05) is 27.2 Å². The average molecular weight is 199 g/mol. The van der Waals surface area contributed by atoms with Gasteiger partial charge >= 0.3 is 0 Å². The molecule has 2 nitrogen and oxygen atoms in total. The first-order chi connectivity index (χ1) is 3.72. The van der Waals surface area contributed by atoms with E-state index >= 15 is 0 Å². The van der Waals surface area contributed by atoms with Crippen LogP contribution in [0.4, 0.5) is 4.39 Å². The number of likely N-dealkylation sites (N-methyl/N-ethyl adjacent to an activating group) is 2. The van der Waals surface area contributed by atoms with Crippen LogP contribution in [-0.2, 0) is 0 Å². The highest BCUT2D eigenvalue weighted by Gasteiger charge is 2.24. The predicted octanol–water partition coefficient (Wildman–Crippen LogP) is 0.695. The van der Waals surface area contributed by atoms with E-state index in [4.69, 9.17) is 0 Å². The molecule has 1 fully saturated rings. The van der Waals surface area contributed by atoms with E-state index in [1.165, 1.54) is 0 Å². The fraction of sp³-hybridized carbons (Fsp3) is 1.00. The highest BCUT2D eigenvalue weighted by atomic mass is 79.9. The summed E-state index contributed by atoms with van der Waals surface area (Å²) in [4.78, 5) is 3.36. The zero-order valence-corrected chi connectivity index (χ0v) is 7.39. The highest BCUT2D eigenvalue weighted by molar-refractivity contribution is 8.93. The molecule has 0 spiro atoms. The third-order valence-electron chi connectivity index (χ3n) is 1.53. The molecule has 1 heterocycles. The van der Waals surface area contributed by atoms with E-state index in [0.717, 1.165) is 13.1 Å². The van der Waals surface area contributed by atoms with E-state index in [9.17, 15) is 4.39 Å². The van der Waals surface area contributed by atoms with Crippen LogP contribution >= 0.6 is 17.0 Å². The molecule has 0 amide bonds. The number of rotatable bonds is 0. The second kappa shape index (κ2) is 3.49. The maximum atomic E-state index is 12.6. The molecule has 0 aromatic carbocycles. The zero-order chi connectivity index (χ0) is 6.15. The molecular formula is C5H12BrFN2. The third kappa shape index (κ3) is 1.88. The Morgan fingerprint density at radius 1 is 1.22 bits per heavy atom. The topological polar surface area (TPSA) is 6.48 Å². The van der Waals surface area contributed by atoms with Gasteiger partial charge in [-0.2, -0.15) is 0 Å². The molecule has 0 atom stereocenters. The van der Waals surface area contributed by atoms with Crippen LogP contribution in [0.3, 0.4) is 0 Å². The van der Waals surface area contributed by atoms with E-state index in [0.29, 0.717) is 0 Å². The molecule has 0 aromatic heterocycles. The lowest BCUT2D eigenvalue weighted by Gasteiger charge is -2.14. The zero-order valence-electron chi connectivity index (χ0n) is 5.67. The summed E-state index contributed by atoms with van der Waals surface area (Å²) in [5, 5.41) is 0. The van der Waals surface area contributed by atoms with Crippen LogP contribution in [0.25, 0.3) is 0 Å². The normalized spacial score (nSPS) is 24.3. The van der Waals surface area contributed by atoms with Crippen LogP contribution in [0.1, 0.15) is 0 Å². The van der Waals surface area contributed by atoms with Gasteiger partial charge in [0.05, 0.1) is 0 Å². The monoisotopic (exact) mass is 198 g/mol. The summed E-state index contributed by atoms with van der Waals surface area (Å²) in [7, 11) is 3.57.